The third-order valence-electron chi connectivity index (χ3n) is 6.63. The highest BCUT2D eigenvalue weighted by Crippen LogP contribution is 2.36. The first-order valence-corrected chi connectivity index (χ1v) is 12.2. The number of rotatable bonds is 4. The lowest BCUT2D eigenvalue weighted by Gasteiger charge is -2.35. The van der Waals surface area contributed by atoms with Crippen LogP contribution in [0.5, 0.6) is 5.75 Å². The van der Waals surface area contributed by atoms with Crippen LogP contribution < -0.4 is 4.74 Å². The highest BCUT2D eigenvalue weighted by Gasteiger charge is 2.31. The van der Waals surface area contributed by atoms with E-state index in [4.69, 9.17) is 4.74 Å². The standard InChI is InChI=1S/C27H25BrFN3O2/c1-4-19-14-22(27(33)31-12-11-17-7-5-6-8-20(17)16(31)2)26(34-3)25-15-24(30-32(19)25)21-10-9-18(28)13-23(21)29/h5-10,13-16H,4,11-12H2,1-3H3/t16-/m1/s1. The largest absolute Gasteiger partial charge is 0.494 e. The van der Waals surface area contributed by atoms with Crippen molar-refractivity contribution in [2.45, 2.75) is 32.7 Å². The number of pyridine rings is 1. The first-order chi connectivity index (χ1) is 16.4. The van der Waals surface area contributed by atoms with Crippen molar-refractivity contribution in [2.75, 3.05) is 13.7 Å². The SMILES string of the molecule is CCc1cc(C(=O)N2CCc3ccccc3[C@H]2C)c(OC)c2cc(-c3ccc(Br)cc3F)nn12. The summed E-state index contributed by atoms with van der Waals surface area (Å²) in [5.74, 6) is 0.00468. The molecule has 34 heavy (non-hydrogen) atoms. The van der Waals surface area contributed by atoms with Crippen molar-refractivity contribution < 1.29 is 13.9 Å². The molecule has 7 heteroatoms. The van der Waals surface area contributed by atoms with Gasteiger partial charge in [-0.25, -0.2) is 8.91 Å². The molecule has 0 N–H and O–H groups in total. The maximum atomic E-state index is 14.7. The molecule has 0 saturated carbocycles. The molecule has 0 saturated heterocycles. The Morgan fingerprint density at radius 3 is 2.74 bits per heavy atom. The van der Waals surface area contributed by atoms with Crippen LogP contribution >= 0.6 is 15.9 Å². The monoisotopic (exact) mass is 521 g/mol. The molecule has 0 aliphatic carbocycles. The number of amides is 1. The second-order valence-corrected chi connectivity index (χ2v) is 9.43. The van der Waals surface area contributed by atoms with Crippen LogP contribution in [0.4, 0.5) is 4.39 Å². The molecule has 1 atom stereocenters. The van der Waals surface area contributed by atoms with E-state index in [0.29, 0.717) is 45.5 Å². The van der Waals surface area contributed by atoms with Gasteiger partial charge in [-0.2, -0.15) is 5.10 Å². The van der Waals surface area contributed by atoms with Crippen LogP contribution in [0.1, 0.15) is 47.1 Å². The van der Waals surface area contributed by atoms with E-state index in [1.807, 2.05) is 30.0 Å². The Morgan fingerprint density at radius 1 is 1.21 bits per heavy atom. The van der Waals surface area contributed by atoms with Gasteiger partial charge in [-0.3, -0.25) is 4.79 Å². The molecule has 2 aromatic heterocycles. The number of carbonyl (C=O) groups excluding carboxylic acids is 1. The van der Waals surface area contributed by atoms with Gasteiger partial charge in [-0.1, -0.05) is 47.1 Å². The summed E-state index contributed by atoms with van der Waals surface area (Å²) in [6.07, 6.45) is 1.47. The molecule has 5 nitrogen and oxygen atoms in total. The van der Waals surface area contributed by atoms with Crippen molar-refractivity contribution in [2.24, 2.45) is 0 Å². The zero-order chi connectivity index (χ0) is 24.0. The minimum atomic E-state index is -0.369. The molecule has 0 fully saturated rings. The number of hydrogen-bond acceptors (Lipinski definition) is 3. The Hall–Kier alpha value is -3.19. The van der Waals surface area contributed by atoms with Crippen LogP contribution in [0.2, 0.25) is 0 Å². The smallest absolute Gasteiger partial charge is 0.258 e. The summed E-state index contributed by atoms with van der Waals surface area (Å²) in [5.41, 5.74) is 5.34. The van der Waals surface area contributed by atoms with Crippen LogP contribution in [0, 0.1) is 5.82 Å². The van der Waals surface area contributed by atoms with E-state index in [1.54, 1.807) is 29.8 Å². The van der Waals surface area contributed by atoms with E-state index in [0.717, 1.165) is 12.1 Å². The van der Waals surface area contributed by atoms with Crippen molar-refractivity contribution in [3.63, 3.8) is 0 Å². The van der Waals surface area contributed by atoms with Crippen molar-refractivity contribution in [1.29, 1.82) is 0 Å². The van der Waals surface area contributed by atoms with Gasteiger partial charge in [0.05, 0.1) is 24.4 Å². The number of fused-ring (bicyclic) bond motifs is 2. The molecular weight excluding hydrogens is 497 g/mol. The fourth-order valence-corrected chi connectivity index (χ4v) is 5.18. The van der Waals surface area contributed by atoms with E-state index >= 15 is 0 Å². The molecule has 0 bridgehead atoms. The number of carbonyl (C=O) groups is 1. The number of aromatic nitrogens is 2. The fraction of sp³-hybridized carbons (Fsp3) is 0.259. The minimum Gasteiger partial charge on any atom is -0.494 e. The number of nitrogens with zero attached hydrogens (tertiary/aromatic N) is 3. The zero-order valence-corrected chi connectivity index (χ0v) is 20.9. The lowest BCUT2D eigenvalue weighted by atomic mass is 9.93. The van der Waals surface area contributed by atoms with Crippen LogP contribution in [0.3, 0.4) is 0 Å². The highest BCUT2D eigenvalue weighted by molar-refractivity contribution is 9.10. The number of ether oxygens (including phenoxy) is 1. The van der Waals surface area contributed by atoms with Crippen molar-refractivity contribution in [3.05, 3.63) is 87.3 Å². The quantitative estimate of drug-likeness (QED) is 0.319. The molecule has 174 valence electrons. The molecule has 1 aliphatic rings. The lowest BCUT2D eigenvalue weighted by molar-refractivity contribution is 0.0674. The van der Waals surface area contributed by atoms with Crippen LogP contribution in [0.15, 0.2) is 59.1 Å². The van der Waals surface area contributed by atoms with E-state index in [2.05, 4.69) is 40.1 Å². The Kier molecular flexibility index (Phi) is 5.90. The fourth-order valence-electron chi connectivity index (χ4n) is 4.85. The molecule has 1 amide bonds. The average Bonchev–Trinajstić information content (AvgIpc) is 3.28. The van der Waals surface area contributed by atoms with Gasteiger partial charge < -0.3 is 9.64 Å². The van der Waals surface area contributed by atoms with E-state index in [1.165, 1.54) is 17.2 Å². The van der Waals surface area contributed by atoms with E-state index < -0.39 is 0 Å². The molecule has 2 aromatic carbocycles. The number of aryl methyl sites for hydroxylation is 1. The maximum absolute atomic E-state index is 14.7. The Balaban J connectivity index is 1.62. The van der Waals surface area contributed by atoms with Gasteiger partial charge in [0.2, 0.25) is 0 Å². The van der Waals surface area contributed by atoms with Gasteiger partial charge in [0.15, 0.2) is 5.75 Å². The van der Waals surface area contributed by atoms with Gasteiger partial charge in [0.25, 0.3) is 5.91 Å². The second kappa shape index (κ2) is 8.87. The summed E-state index contributed by atoms with van der Waals surface area (Å²) < 4.78 is 22.8. The first kappa shape index (κ1) is 22.6. The number of methoxy groups -OCH3 is 1. The number of halogens is 2. The van der Waals surface area contributed by atoms with Gasteiger partial charge in [-0.15, -0.1) is 0 Å². The third kappa shape index (κ3) is 3.68. The number of benzene rings is 2. The summed E-state index contributed by atoms with van der Waals surface area (Å²) in [6.45, 7) is 4.72. The predicted molar refractivity (Wildman–Crippen MR) is 134 cm³/mol. The van der Waals surface area contributed by atoms with E-state index in [-0.39, 0.29) is 17.8 Å². The molecule has 3 heterocycles. The van der Waals surface area contributed by atoms with Gasteiger partial charge in [0.1, 0.15) is 11.3 Å². The van der Waals surface area contributed by atoms with Crippen LogP contribution in [-0.2, 0) is 12.8 Å². The Morgan fingerprint density at radius 2 is 2.00 bits per heavy atom. The molecular formula is C27H25BrFN3O2. The van der Waals surface area contributed by atoms with Gasteiger partial charge >= 0.3 is 0 Å². The summed E-state index contributed by atoms with van der Waals surface area (Å²) in [5, 5.41) is 4.67. The minimum absolute atomic E-state index is 0.0409. The Labute approximate surface area is 206 Å². The second-order valence-electron chi connectivity index (χ2n) is 8.51. The van der Waals surface area contributed by atoms with Gasteiger partial charge in [-0.05, 0) is 61.2 Å². The maximum Gasteiger partial charge on any atom is 0.258 e. The molecule has 0 radical (unpaired) electrons. The number of hydrogen-bond donors (Lipinski definition) is 0. The van der Waals surface area contributed by atoms with E-state index in [9.17, 15) is 9.18 Å². The first-order valence-electron chi connectivity index (χ1n) is 11.4. The lowest BCUT2D eigenvalue weighted by Crippen LogP contribution is -2.39. The Bertz CT molecular complexity index is 1410. The normalized spacial score (nSPS) is 15.4. The molecule has 5 rings (SSSR count). The average molecular weight is 522 g/mol. The summed E-state index contributed by atoms with van der Waals surface area (Å²) in [4.78, 5) is 15.7. The van der Waals surface area contributed by atoms with Crippen molar-refractivity contribution in [1.82, 2.24) is 14.5 Å². The van der Waals surface area contributed by atoms with Gasteiger partial charge in [0, 0.05) is 22.3 Å². The molecule has 0 unspecified atom stereocenters. The summed E-state index contributed by atoms with van der Waals surface area (Å²) >= 11 is 3.30. The highest BCUT2D eigenvalue weighted by atomic mass is 79.9. The summed E-state index contributed by atoms with van der Waals surface area (Å²) in [6, 6.07) is 16.8. The third-order valence-corrected chi connectivity index (χ3v) is 7.12. The topological polar surface area (TPSA) is 46.8 Å². The molecule has 0 spiro atoms. The van der Waals surface area contributed by atoms with Crippen LogP contribution in [0.25, 0.3) is 16.8 Å². The van der Waals surface area contributed by atoms with Crippen molar-refractivity contribution in [3.8, 4) is 17.0 Å². The van der Waals surface area contributed by atoms with Crippen LogP contribution in [-0.4, -0.2) is 34.1 Å². The predicted octanol–water partition coefficient (Wildman–Crippen LogP) is 6.23. The molecule has 4 aromatic rings. The summed E-state index contributed by atoms with van der Waals surface area (Å²) in [7, 11) is 1.56. The molecule has 1 aliphatic heterocycles. The van der Waals surface area contributed by atoms with Crippen molar-refractivity contribution >= 4 is 27.4 Å². The zero-order valence-electron chi connectivity index (χ0n) is 19.3.